The first kappa shape index (κ1) is 15.4. The van der Waals surface area contributed by atoms with Crippen LogP contribution in [0.4, 0.5) is 0 Å². The van der Waals surface area contributed by atoms with Crippen molar-refractivity contribution in [3.8, 4) is 0 Å². The van der Waals surface area contributed by atoms with Crippen molar-refractivity contribution in [2.24, 2.45) is 11.7 Å². The average molecular weight is 255 g/mol. The Morgan fingerprint density at radius 3 is 2.56 bits per heavy atom. The van der Waals surface area contributed by atoms with Gasteiger partial charge in [-0.1, -0.05) is 13.3 Å². The number of rotatable bonds is 7. The topological polar surface area (TPSA) is 58.4 Å². The zero-order chi connectivity index (χ0) is 13.4. The lowest BCUT2D eigenvalue weighted by molar-refractivity contribution is -0.124. The largest absolute Gasteiger partial charge is 0.354 e. The third-order valence-electron chi connectivity index (χ3n) is 3.87. The molecule has 0 spiro atoms. The van der Waals surface area contributed by atoms with Gasteiger partial charge in [-0.15, -0.1) is 0 Å². The van der Waals surface area contributed by atoms with Crippen LogP contribution >= 0.6 is 0 Å². The van der Waals surface area contributed by atoms with Gasteiger partial charge < -0.3 is 11.1 Å². The van der Waals surface area contributed by atoms with Crippen LogP contribution in [0.2, 0.25) is 0 Å². The van der Waals surface area contributed by atoms with E-state index in [1.54, 1.807) is 0 Å². The number of nitrogens with one attached hydrogen (secondary N) is 1. The van der Waals surface area contributed by atoms with Crippen molar-refractivity contribution in [2.75, 3.05) is 26.2 Å². The quantitative estimate of drug-likeness (QED) is 0.722. The number of carbonyl (C=O) groups excluding carboxylic acids is 1. The lowest BCUT2D eigenvalue weighted by Gasteiger charge is -2.32. The standard InChI is InChI=1S/C14H29N3O/c1-12(7-6-8-15)14(18)16-11-13(2)17-9-4-3-5-10-17/h12-13H,3-11,15H2,1-2H3,(H,16,18). The molecule has 0 aromatic carbocycles. The Kier molecular flexibility index (Phi) is 7.28. The number of hydrogen-bond donors (Lipinski definition) is 2. The van der Waals surface area contributed by atoms with E-state index in [0.717, 1.165) is 19.4 Å². The summed E-state index contributed by atoms with van der Waals surface area (Å²) in [5.74, 6) is 0.259. The molecule has 1 heterocycles. The maximum atomic E-state index is 11.9. The molecule has 1 aliphatic rings. The SMILES string of the molecule is CC(CCCN)C(=O)NCC(C)N1CCCCC1. The van der Waals surface area contributed by atoms with Gasteiger partial charge in [0.05, 0.1) is 0 Å². The summed E-state index contributed by atoms with van der Waals surface area (Å²) in [5, 5.41) is 3.07. The summed E-state index contributed by atoms with van der Waals surface area (Å²) in [4.78, 5) is 14.3. The number of piperidine rings is 1. The molecule has 1 aliphatic heterocycles. The molecule has 3 N–H and O–H groups in total. The zero-order valence-corrected chi connectivity index (χ0v) is 12.0. The van der Waals surface area contributed by atoms with E-state index >= 15 is 0 Å². The molecule has 4 nitrogen and oxygen atoms in total. The van der Waals surface area contributed by atoms with E-state index in [1.165, 1.54) is 32.4 Å². The van der Waals surface area contributed by atoms with Gasteiger partial charge in [-0.3, -0.25) is 9.69 Å². The van der Waals surface area contributed by atoms with Gasteiger partial charge in [0.15, 0.2) is 0 Å². The number of hydrogen-bond acceptors (Lipinski definition) is 3. The number of nitrogens with two attached hydrogens (primary N) is 1. The van der Waals surface area contributed by atoms with Crippen LogP contribution in [0.25, 0.3) is 0 Å². The minimum atomic E-state index is 0.0853. The number of nitrogens with zero attached hydrogens (tertiary/aromatic N) is 1. The van der Waals surface area contributed by atoms with E-state index < -0.39 is 0 Å². The average Bonchev–Trinajstić information content (AvgIpc) is 2.42. The lowest BCUT2D eigenvalue weighted by atomic mass is 10.0. The summed E-state index contributed by atoms with van der Waals surface area (Å²) < 4.78 is 0. The van der Waals surface area contributed by atoms with Gasteiger partial charge in [0.1, 0.15) is 0 Å². The van der Waals surface area contributed by atoms with Crippen molar-refractivity contribution in [1.82, 2.24) is 10.2 Å². The summed E-state index contributed by atoms with van der Waals surface area (Å²) >= 11 is 0. The van der Waals surface area contributed by atoms with E-state index in [-0.39, 0.29) is 11.8 Å². The molecule has 1 fully saturated rings. The van der Waals surface area contributed by atoms with Crippen LogP contribution < -0.4 is 11.1 Å². The summed E-state index contributed by atoms with van der Waals surface area (Å²) in [6.07, 6.45) is 5.76. The Hall–Kier alpha value is -0.610. The number of carbonyl (C=O) groups is 1. The fourth-order valence-corrected chi connectivity index (χ4v) is 2.47. The van der Waals surface area contributed by atoms with Crippen molar-refractivity contribution >= 4 is 5.91 Å². The van der Waals surface area contributed by atoms with E-state index in [4.69, 9.17) is 5.73 Å². The van der Waals surface area contributed by atoms with E-state index in [9.17, 15) is 4.79 Å². The molecule has 4 heteroatoms. The molecule has 0 radical (unpaired) electrons. The Balaban J connectivity index is 2.20. The van der Waals surface area contributed by atoms with Crippen molar-refractivity contribution in [3.05, 3.63) is 0 Å². The van der Waals surface area contributed by atoms with Crippen molar-refractivity contribution in [2.45, 2.75) is 52.0 Å². The van der Waals surface area contributed by atoms with Gasteiger partial charge in [-0.25, -0.2) is 0 Å². The van der Waals surface area contributed by atoms with Crippen LogP contribution in [0.1, 0.15) is 46.0 Å². The molecule has 0 saturated carbocycles. The summed E-state index contributed by atoms with van der Waals surface area (Å²) in [6, 6.07) is 0.455. The molecule has 2 unspecified atom stereocenters. The molecular weight excluding hydrogens is 226 g/mol. The molecule has 106 valence electrons. The highest BCUT2D eigenvalue weighted by atomic mass is 16.1. The second-order valence-electron chi connectivity index (χ2n) is 5.52. The predicted molar refractivity (Wildman–Crippen MR) is 75.3 cm³/mol. The number of likely N-dealkylation sites (tertiary alicyclic amines) is 1. The van der Waals surface area contributed by atoms with Crippen LogP contribution in [-0.2, 0) is 4.79 Å². The van der Waals surface area contributed by atoms with Crippen LogP contribution in [0.5, 0.6) is 0 Å². The molecular formula is C14H29N3O. The molecule has 0 aliphatic carbocycles. The Bertz CT molecular complexity index is 239. The smallest absolute Gasteiger partial charge is 0.222 e. The van der Waals surface area contributed by atoms with Crippen molar-refractivity contribution in [1.29, 1.82) is 0 Å². The fourth-order valence-electron chi connectivity index (χ4n) is 2.47. The molecule has 1 amide bonds. The summed E-state index contributed by atoms with van der Waals surface area (Å²) in [6.45, 7) is 7.99. The first-order valence-corrected chi connectivity index (χ1v) is 7.37. The summed E-state index contributed by atoms with van der Waals surface area (Å²) in [7, 11) is 0. The molecule has 0 aromatic rings. The van der Waals surface area contributed by atoms with E-state index in [1.807, 2.05) is 6.92 Å². The first-order valence-electron chi connectivity index (χ1n) is 7.37. The maximum Gasteiger partial charge on any atom is 0.222 e. The first-order chi connectivity index (χ1) is 8.65. The fraction of sp³-hybridized carbons (Fsp3) is 0.929. The highest BCUT2D eigenvalue weighted by Crippen LogP contribution is 2.11. The van der Waals surface area contributed by atoms with Crippen LogP contribution in [-0.4, -0.2) is 43.0 Å². The van der Waals surface area contributed by atoms with Gasteiger partial charge >= 0.3 is 0 Å². The second kappa shape index (κ2) is 8.48. The lowest BCUT2D eigenvalue weighted by Crippen LogP contribution is -2.45. The minimum absolute atomic E-state index is 0.0853. The maximum absolute atomic E-state index is 11.9. The van der Waals surface area contributed by atoms with Gasteiger partial charge in [-0.05, 0) is 52.2 Å². The van der Waals surface area contributed by atoms with Crippen molar-refractivity contribution in [3.63, 3.8) is 0 Å². The van der Waals surface area contributed by atoms with Crippen LogP contribution in [0.3, 0.4) is 0 Å². The Morgan fingerprint density at radius 1 is 1.28 bits per heavy atom. The third-order valence-corrected chi connectivity index (χ3v) is 3.87. The monoisotopic (exact) mass is 255 g/mol. The second-order valence-corrected chi connectivity index (χ2v) is 5.52. The molecule has 1 saturated heterocycles. The molecule has 0 bridgehead atoms. The number of amides is 1. The van der Waals surface area contributed by atoms with Gasteiger partial charge in [0.2, 0.25) is 5.91 Å². The van der Waals surface area contributed by atoms with Gasteiger partial charge in [0, 0.05) is 18.5 Å². The minimum Gasteiger partial charge on any atom is -0.354 e. The van der Waals surface area contributed by atoms with Crippen LogP contribution in [0.15, 0.2) is 0 Å². The highest BCUT2D eigenvalue weighted by Gasteiger charge is 2.18. The molecule has 1 rings (SSSR count). The van der Waals surface area contributed by atoms with E-state index in [0.29, 0.717) is 12.6 Å². The normalized spacial score (nSPS) is 20.4. The Labute approximate surface area is 111 Å². The summed E-state index contributed by atoms with van der Waals surface area (Å²) in [5.41, 5.74) is 5.46. The van der Waals surface area contributed by atoms with Crippen LogP contribution in [0, 0.1) is 5.92 Å². The molecule has 0 aromatic heterocycles. The predicted octanol–water partition coefficient (Wildman–Crippen LogP) is 1.35. The molecule has 2 atom stereocenters. The van der Waals surface area contributed by atoms with Crippen molar-refractivity contribution < 1.29 is 4.79 Å². The molecule has 18 heavy (non-hydrogen) atoms. The van der Waals surface area contributed by atoms with Gasteiger partial charge in [0.25, 0.3) is 0 Å². The Morgan fingerprint density at radius 2 is 1.94 bits per heavy atom. The van der Waals surface area contributed by atoms with E-state index in [2.05, 4.69) is 17.1 Å². The van der Waals surface area contributed by atoms with Gasteiger partial charge in [-0.2, -0.15) is 0 Å². The third kappa shape index (κ3) is 5.36. The zero-order valence-electron chi connectivity index (χ0n) is 12.0. The highest BCUT2D eigenvalue weighted by molar-refractivity contribution is 5.78.